The molecule has 0 heterocycles. The van der Waals surface area contributed by atoms with Crippen LogP contribution in [0.15, 0.2) is 42.0 Å². The Morgan fingerprint density at radius 1 is 1.17 bits per heavy atom. The van der Waals surface area contributed by atoms with E-state index in [2.05, 4.69) is 37.4 Å². The van der Waals surface area contributed by atoms with Gasteiger partial charge in [0.05, 0.1) is 0 Å². The smallest absolute Gasteiger partial charge is 0.134 e. The van der Waals surface area contributed by atoms with E-state index in [0.29, 0.717) is 18.6 Å². The molecule has 0 unspecified atom stereocenters. The van der Waals surface area contributed by atoms with Gasteiger partial charge in [-0.1, -0.05) is 42.0 Å². The molecule has 0 aliphatic rings. The van der Waals surface area contributed by atoms with Gasteiger partial charge in [-0.2, -0.15) is 0 Å². The minimum absolute atomic E-state index is 0.341. The second-order valence-corrected chi connectivity index (χ2v) is 4.77. The molecule has 0 aromatic heterocycles. The molecule has 98 valence electrons. The molecule has 1 aromatic rings. The maximum atomic E-state index is 11.6. The van der Waals surface area contributed by atoms with Crippen LogP contribution in [0, 0.1) is 0 Å². The average molecular weight is 245 g/mol. The van der Waals surface area contributed by atoms with Gasteiger partial charge >= 0.3 is 0 Å². The van der Waals surface area contributed by atoms with Crippen molar-refractivity contribution in [3.05, 3.63) is 47.5 Å². The Balaban J connectivity index is 2.07. The summed E-state index contributed by atoms with van der Waals surface area (Å²) in [5.41, 5.74) is 2.54. The highest BCUT2D eigenvalue weighted by molar-refractivity contribution is 5.78. The van der Waals surface area contributed by atoms with Crippen LogP contribution < -0.4 is 5.32 Å². The van der Waals surface area contributed by atoms with Crippen LogP contribution in [0.5, 0.6) is 0 Å². The summed E-state index contributed by atoms with van der Waals surface area (Å²) in [6, 6.07) is 10.2. The topological polar surface area (TPSA) is 29.1 Å². The summed E-state index contributed by atoms with van der Waals surface area (Å²) >= 11 is 0. The number of carbonyl (C=O) groups is 1. The monoisotopic (exact) mass is 245 g/mol. The third-order valence-electron chi connectivity index (χ3n) is 2.73. The SMILES string of the molecule is CC(C)=CCCC(=O)CCNCc1ccccc1. The van der Waals surface area contributed by atoms with E-state index in [1.165, 1.54) is 11.1 Å². The summed E-state index contributed by atoms with van der Waals surface area (Å²) in [7, 11) is 0. The average Bonchev–Trinajstić information content (AvgIpc) is 2.35. The number of hydrogen-bond donors (Lipinski definition) is 1. The van der Waals surface area contributed by atoms with Crippen molar-refractivity contribution >= 4 is 5.78 Å². The Morgan fingerprint density at radius 3 is 2.56 bits per heavy atom. The zero-order valence-electron chi connectivity index (χ0n) is 11.4. The maximum absolute atomic E-state index is 11.6. The first-order chi connectivity index (χ1) is 8.68. The van der Waals surface area contributed by atoms with Crippen molar-refractivity contribution in [3.8, 4) is 0 Å². The van der Waals surface area contributed by atoms with Crippen LogP contribution in [0.3, 0.4) is 0 Å². The van der Waals surface area contributed by atoms with Gasteiger partial charge in [0.1, 0.15) is 5.78 Å². The fraction of sp³-hybridized carbons (Fsp3) is 0.438. The molecule has 0 saturated heterocycles. The second-order valence-electron chi connectivity index (χ2n) is 4.77. The number of ketones is 1. The van der Waals surface area contributed by atoms with Crippen molar-refractivity contribution in [1.82, 2.24) is 5.32 Å². The molecule has 0 bridgehead atoms. The standard InChI is InChI=1S/C16H23NO/c1-14(2)7-6-10-16(18)11-12-17-13-15-8-4-3-5-9-15/h3-5,7-9,17H,6,10-13H2,1-2H3. The molecule has 18 heavy (non-hydrogen) atoms. The number of nitrogens with one attached hydrogen (secondary N) is 1. The lowest BCUT2D eigenvalue weighted by molar-refractivity contribution is -0.118. The summed E-state index contributed by atoms with van der Waals surface area (Å²) in [6.45, 7) is 5.72. The van der Waals surface area contributed by atoms with Gasteiger partial charge in [0.25, 0.3) is 0 Å². The van der Waals surface area contributed by atoms with Gasteiger partial charge in [0.15, 0.2) is 0 Å². The van der Waals surface area contributed by atoms with Crippen LogP contribution in [0.1, 0.15) is 38.7 Å². The van der Waals surface area contributed by atoms with Crippen LogP contribution in [0.4, 0.5) is 0 Å². The van der Waals surface area contributed by atoms with Crippen LogP contribution in [-0.2, 0) is 11.3 Å². The number of hydrogen-bond acceptors (Lipinski definition) is 2. The van der Waals surface area contributed by atoms with E-state index >= 15 is 0 Å². The summed E-state index contributed by atoms with van der Waals surface area (Å²) < 4.78 is 0. The first-order valence-corrected chi connectivity index (χ1v) is 6.58. The lowest BCUT2D eigenvalue weighted by Crippen LogP contribution is -2.17. The molecule has 0 radical (unpaired) electrons. The summed E-state index contributed by atoms with van der Waals surface area (Å²) in [5, 5.41) is 3.30. The molecule has 0 fully saturated rings. The molecule has 1 rings (SSSR count). The van der Waals surface area contributed by atoms with Crippen molar-refractivity contribution in [2.24, 2.45) is 0 Å². The van der Waals surface area contributed by atoms with Gasteiger partial charge in [0, 0.05) is 25.9 Å². The Hall–Kier alpha value is -1.41. The van der Waals surface area contributed by atoms with Crippen LogP contribution >= 0.6 is 0 Å². The van der Waals surface area contributed by atoms with E-state index in [-0.39, 0.29) is 0 Å². The van der Waals surface area contributed by atoms with E-state index in [4.69, 9.17) is 0 Å². The number of carbonyl (C=O) groups excluding carboxylic acids is 1. The highest BCUT2D eigenvalue weighted by atomic mass is 16.1. The molecule has 1 aromatic carbocycles. The second kappa shape index (κ2) is 8.65. The van der Waals surface area contributed by atoms with Gasteiger partial charge in [-0.15, -0.1) is 0 Å². The summed E-state index contributed by atoms with van der Waals surface area (Å²) in [5.74, 6) is 0.341. The third-order valence-corrected chi connectivity index (χ3v) is 2.73. The predicted molar refractivity (Wildman–Crippen MR) is 76.4 cm³/mol. The molecule has 0 saturated carbocycles. The van der Waals surface area contributed by atoms with Crippen molar-refractivity contribution in [3.63, 3.8) is 0 Å². The van der Waals surface area contributed by atoms with Gasteiger partial charge in [-0.3, -0.25) is 4.79 Å². The molecular weight excluding hydrogens is 222 g/mol. The van der Waals surface area contributed by atoms with E-state index < -0.39 is 0 Å². The molecule has 2 heteroatoms. The third kappa shape index (κ3) is 7.02. The van der Waals surface area contributed by atoms with E-state index in [1.54, 1.807) is 0 Å². The fourth-order valence-electron chi connectivity index (χ4n) is 1.70. The predicted octanol–water partition coefficient (Wildman–Crippen LogP) is 3.48. The number of benzene rings is 1. The van der Waals surface area contributed by atoms with Crippen molar-refractivity contribution in [1.29, 1.82) is 0 Å². The Labute approximate surface area is 110 Å². The minimum atomic E-state index is 0.341. The van der Waals surface area contributed by atoms with Crippen LogP contribution in [0.2, 0.25) is 0 Å². The lowest BCUT2D eigenvalue weighted by Gasteiger charge is -2.04. The van der Waals surface area contributed by atoms with Crippen molar-refractivity contribution < 1.29 is 4.79 Å². The van der Waals surface area contributed by atoms with E-state index in [1.807, 2.05) is 18.2 Å². The highest BCUT2D eigenvalue weighted by Crippen LogP contribution is 2.00. The molecular formula is C16H23NO. The van der Waals surface area contributed by atoms with Crippen LogP contribution in [-0.4, -0.2) is 12.3 Å². The van der Waals surface area contributed by atoms with Crippen LogP contribution in [0.25, 0.3) is 0 Å². The quantitative estimate of drug-likeness (QED) is 0.561. The number of rotatable bonds is 8. The molecule has 0 aliphatic carbocycles. The largest absolute Gasteiger partial charge is 0.312 e. The Kier molecular flexibility index (Phi) is 7.04. The normalized spacial score (nSPS) is 10.1. The lowest BCUT2D eigenvalue weighted by atomic mass is 10.1. The number of allylic oxidation sites excluding steroid dienone is 2. The number of Topliss-reactive ketones (excluding diaryl/α,β-unsaturated/α-hetero) is 1. The summed E-state index contributed by atoms with van der Waals surface area (Å²) in [6.07, 6.45) is 4.29. The van der Waals surface area contributed by atoms with Gasteiger partial charge < -0.3 is 5.32 Å². The molecule has 2 nitrogen and oxygen atoms in total. The minimum Gasteiger partial charge on any atom is -0.312 e. The Bertz CT molecular complexity index is 377. The first-order valence-electron chi connectivity index (χ1n) is 6.58. The fourth-order valence-corrected chi connectivity index (χ4v) is 1.70. The maximum Gasteiger partial charge on any atom is 0.134 e. The van der Waals surface area contributed by atoms with Crippen molar-refractivity contribution in [2.75, 3.05) is 6.54 Å². The van der Waals surface area contributed by atoms with E-state index in [0.717, 1.165) is 19.5 Å². The molecule has 0 atom stereocenters. The first kappa shape index (κ1) is 14.7. The van der Waals surface area contributed by atoms with Gasteiger partial charge in [0.2, 0.25) is 0 Å². The highest BCUT2D eigenvalue weighted by Gasteiger charge is 2.00. The summed E-state index contributed by atoms with van der Waals surface area (Å²) in [4.78, 5) is 11.6. The van der Waals surface area contributed by atoms with Gasteiger partial charge in [-0.25, -0.2) is 0 Å². The van der Waals surface area contributed by atoms with Crippen molar-refractivity contribution in [2.45, 2.75) is 39.7 Å². The Morgan fingerprint density at radius 2 is 1.89 bits per heavy atom. The molecule has 1 N–H and O–H groups in total. The zero-order valence-corrected chi connectivity index (χ0v) is 11.4. The molecule has 0 spiro atoms. The zero-order chi connectivity index (χ0) is 13.2. The molecule has 0 amide bonds. The molecule has 0 aliphatic heterocycles. The van der Waals surface area contributed by atoms with E-state index in [9.17, 15) is 4.79 Å². The van der Waals surface area contributed by atoms with Gasteiger partial charge in [-0.05, 0) is 25.8 Å².